The first-order valence-electron chi connectivity index (χ1n) is 7.64. The summed E-state index contributed by atoms with van der Waals surface area (Å²) in [7, 11) is 0. The predicted molar refractivity (Wildman–Crippen MR) is 85.6 cm³/mol. The van der Waals surface area contributed by atoms with Gasteiger partial charge in [-0.25, -0.2) is 0 Å². The average molecular weight is 313 g/mol. The molecule has 0 saturated carbocycles. The summed E-state index contributed by atoms with van der Waals surface area (Å²) in [5.74, 6) is 2.01. The molecule has 2 aromatic rings. The fraction of sp³-hybridized carbons (Fsp3) is 0.278. The van der Waals surface area contributed by atoms with Gasteiger partial charge in [-0.15, -0.1) is 0 Å². The SMILES string of the molecule is CC[C@H](Oc1ccccc1)C(=O)NCc1ccc2c(c1)OCO2. The van der Waals surface area contributed by atoms with Crippen LogP contribution in [-0.4, -0.2) is 18.8 Å². The van der Waals surface area contributed by atoms with Crippen LogP contribution in [0.25, 0.3) is 0 Å². The summed E-state index contributed by atoms with van der Waals surface area (Å²) < 4.78 is 16.3. The smallest absolute Gasteiger partial charge is 0.261 e. The number of ether oxygens (including phenoxy) is 3. The number of rotatable bonds is 6. The second kappa shape index (κ2) is 7.05. The Morgan fingerprint density at radius 2 is 1.96 bits per heavy atom. The topological polar surface area (TPSA) is 56.8 Å². The quantitative estimate of drug-likeness (QED) is 0.891. The van der Waals surface area contributed by atoms with E-state index in [-0.39, 0.29) is 12.7 Å². The van der Waals surface area contributed by atoms with E-state index in [1.807, 2.05) is 55.5 Å². The molecular weight excluding hydrogens is 294 g/mol. The molecule has 1 heterocycles. The van der Waals surface area contributed by atoms with Gasteiger partial charge in [0.05, 0.1) is 0 Å². The third-order valence-electron chi connectivity index (χ3n) is 3.59. The Morgan fingerprint density at radius 3 is 2.74 bits per heavy atom. The van der Waals surface area contributed by atoms with Crippen LogP contribution in [0.1, 0.15) is 18.9 Å². The van der Waals surface area contributed by atoms with E-state index in [1.165, 1.54) is 0 Å². The Hall–Kier alpha value is -2.69. The molecule has 0 saturated heterocycles. The van der Waals surface area contributed by atoms with Crippen molar-refractivity contribution in [1.29, 1.82) is 0 Å². The molecule has 0 unspecified atom stereocenters. The van der Waals surface area contributed by atoms with Crippen LogP contribution in [0.4, 0.5) is 0 Å². The van der Waals surface area contributed by atoms with Crippen LogP contribution in [0.15, 0.2) is 48.5 Å². The molecule has 0 spiro atoms. The number of carbonyl (C=O) groups excluding carboxylic acids is 1. The van der Waals surface area contributed by atoms with E-state index in [9.17, 15) is 4.79 Å². The summed E-state index contributed by atoms with van der Waals surface area (Å²) in [5.41, 5.74) is 0.956. The van der Waals surface area contributed by atoms with Gasteiger partial charge in [0.2, 0.25) is 6.79 Å². The van der Waals surface area contributed by atoms with Gasteiger partial charge < -0.3 is 19.5 Å². The number of carbonyl (C=O) groups is 1. The maximum Gasteiger partial charge on any atom is 0.261 e. The van der Waals surface area contributed by atoms with Gasteiger partial charge in [-0.05, 0) is 36.2 Å². The highest BCUT2D eigenvalue weighted by atomic mass is 16.7. The summed E-state index contributed by atoms with van der Waals surface area (Å²) in [6.45, 7) is 2.59. The molecule has 1 aliphatic heterocycles. The molecule has 1 N–H and O–H groups in total. The number of fused-ring (bicyclic) bond motifs is 1. The number of hydrogen-bond donors (Lipinski definition) is 1. The van der Waals surface area contributed by atoms with Gasteiger partial charge in [0.1, 0.15) is 5.75 Å². The van der Waals surface area contributed by atoms with Crippen molar-refractivity contribution in [3.05, 3.63) is 54.1 Å². The summed E-state index contributed by atoms with van der Waals surface area (Å²) in [6, 6.07) is 15.0. The van der Waals surface area contributed by atoms with Crippen molar-refractivity contribution in [3.63, 3.8) is 0 Å². The van der Waals surface area contributed by atoms with Gasteiger partial charge in [0.25, 0.3) is 5.91 Å². The highest BCUT2D eigenvalue weighted by molar-refractivity contribution is 5.81. The van der Waals surface area contributed by atoms with Gasteiger partial charge >= 0.3 is 0 Å². The molecule has 1 aliphatic rings. The molecule has 3 rings (SSSR count). The largest absolute Gasteiger partial charge is 0.481 e. The van der Waals surface area contributed by atoms with Crippen LogP contribution in [0.5, 0.6) is 17.2 Å². The molecule has 0 aliphatic carbocycles. The van der Waals surface area contributed by atoms with Crippen LogP contribution in [0.3, 0.4) is 0 Å². The Morgan fingerprint density at radius 1 is 1.17 bits per heavy atom. The lowest BCUT2D eigenvalue weighted by atomic mass is 10.2. The highest BCUT2D eigenvalue weighted by Crippen LogP contribution is 2.32. The predicted octanol–water partition coefficient (Wildman–Crippen LogP) is 2.89. The van der Waals surface area contributed by atoms with Gasteiger partial charge in [0, 0.05) is 6.54 Å². The van der Waals surface area contributed by atoms with E-state index in [4.69, 9.17) is 14.2 Å². The van der Waals surface area contributed by atoms with Gasteiger partial charge in [-0.3, -0.25) is 4.79 Å². The fourth-order valence-corrected chi connectivity index (χ4v) is 2.34. The Kier molecular flexibility index (Phi) is 4.66. The van der Waals surface area contributed by atoms with Crippen molar-refractivity contribution >= 4 is 5.91 Å². The summed E-state index contributed by atoms with van der Waals surface area (Å²) in [5, 5.41) is 2.90. The zero-order valence-electron chi connectivity index (χ0n) is 13.0. The zero-order chi connectivity index (χ0) is 16.1. The molecule has 120 valence electrons. The van der Waals surface area contributed by atoms with E-state index in [0.717, 1.165) is 11.3 Å². The molecule has 0 bridgehead atoms. The highest BCUT2D eigenvalue weighted by Gasteiger charge is 2.19. The zero-order valence-corrected chi connectivity index (χ0v) is 13.0. The van der Waals surface area contributed by atoms with E-state index < -0.39 is 6.10 Å². The molecule has 0 fully saturated rings. The number of para-hydroxylation sites is 1. The van der Waals surface area contributed by atoms with Crippen molar-refractivity contribution in [2.75, 3.05) is 6.79 Å². The van der Waals surface area contributed by atoms with Crippen molar-refractivity contribution in [3.8, 4) is 17.2 Å². The summed E-state index contributed by atoms with van der Waals surface area (Å²) >= 11 is 0. The van der Waals surface area contributed by atoms with Crippen molar-refractivity contribution in [2.45, 2.75) is 26.0 Å². The number of benzene rings is 2. The van der Waals surface area contributed by atoms with Gasteiger partial charge in [-0.2, -0.15) is 0 Å². The Labute approximate surface area is 135 Å². The molecule has 23 heavy (non-hydrogen) atoms. The molecule has 5 heteroatoms. The monoisotopic (exact) mass is 313 g/mol. The van der Waals surface area contributed by atoms with Crippen LogP contribution >= 0.6 is 0 Å². The Balaban J connectivity index is 1.57. The minimum atomic E-state index is -0.508. The number of hydrogen-bond acceptors (Lipinski definition) is 4. The maximum atomic E-state index is 12.3. The minimum Gasteiger partial charge on any atom is -0.481 e. The van der Waals surface area contributed by atoms with Crippen LogP contribution < -0.4 is 19.5 Å². The minimum absolute atomic E-state index is 0.131. The second-order valence-electron chi connectivity index (χ2n) is 5.23. The van der Waals surface area contributed by atoms with E-state index >= 15 is 0 Å². The standard InChI is InChI=1S/C18H19NO4/c1-2-15(23-14-6-4-3-5-7-14)18(20)19-11-13-8-9-16-17(10-13)22-12-21-16/h3-10,15H,2,11-12H2,1H3,(H,19,20)/t15-/m0/s1. The van der Waals surface area contributed by atoms with Crippen LogP contribution in [0, 0.1) is 0 Å². The maximum absolute atomic E-state index is 12.3. The summed E-state index contributed by atoms with van der Waals surface area (Å²) in [4.78, 5) is 12.3. The summed E-state index contributed by atoms with van der Waals surface area (Å²) in [6.07, 6.45) is 0.0911. The van der Waals surface area contributed by atoms with Crippen LogP contribution in [0.2, 0.25) is 0 Å². The van der Waals surface area contributed by atoms with Gasteiger partial charge in [0.15, 0.2) is 17.6 Å². The first-order chi connectivity index (χ1) is 11.3. The lowest BCUT2D eigenvalue weighted by Gasteiger charge is -2.17. The Bertz CT molecular complexity index is 672. The van der Waals surface area contributed by atoms with Crippen molar-refractivity contribution in [1.82, 2.24) is 5.32 Å². The van der Waals surface area contributed by atoms with E-state index in [0.29, 0.717) is 24.5 Å². The van der Waals surface area contributed by atoms with Crippen LogP contribution in [-0.2, 0) is 11.3 Å². The third kappa shape index (κ3) is 3.74. The molecule has 1 atom stereocenters. The molecular formula is C18H19NO4. The molecule has 1 amide bonds. The first kappa shape index (κ1) is 15.2. The normalized spacial score (nSPS) is 13.4. The molecule has 2 aromatic carbocycles. The fourth-order valence-electron chi connectivity index (χ4n) is 2.34. The van der Waals surface area contributed by atoms with Crippen molar-refractivity contribution < 1.29 is 19.0 Å². The molecule has 0 aromatic heterocycles. The average Bonchev–Trinajstić information content (AvgIpc) is 3.06. The van der Waals surface area contributed by atoms with E-state index in [2.05, 4.69) is 5.32 Å². The lowest BCUT2D eigenvalue weighted by molar-refractivity contribution is -0.128. The first-order valence-corrected chi connectivity index (χ1v) is 7.64. The number of nitrogens with one attached hydrogen (secondary N) is 1. The van der Waals surface area contributed by atoms with Gasteiger partial charge in [-0.1, -0.05) is 31.2 Å². The van der Waals surface area contributed by atoms with E-state index in [1.54, 1.807) is 0 Å². The lowest BCUT2D eigenvalue weighted by Crippen LogP contribution is -2.37. The molecule has 5 nitrogen and oxygen atoms in total. The third-order valence-corrected chi connectivity index (χ3v) is 3.59. The second-order valence-corrected chi connectivity index (χ2v) is 5.23. The molecule has 0 radical (unpaired) electrons. The number of amides is 1. The van der Waals surface area contributed by atoms with Crippen molar-refractivity contribution in [2.24, 2.45) is 0 Å².